The standard InChI is InChI=1S/C14H11ClOS/c1-10-2-7-13(17-10)8-9-14(16)11-3-5-12(15)6-4-11/h2-9H,1H3. The zero-order valence-electron chi connectivity index (χ0n) is 9.31. The molecule has 2 rings (SSSR count). The zero-order valence-corrected chi connectivity index (χ0v) is 10.9. The zero-order chi connectivity index (χ0) is 12.3. The van der Waals surface area contributed by atoms with Crippen molar-refractivity contribution in [2.75, 3.05) is 0 Å². The Morgan fingerprint density at radius 3 is 2.47 bits per heavy atom. The summed E-state index contributed by atoms with van der Waals surface area (Å²) in [6, 6.07) is 10.9. The van der Waals surface area contributed by atoms with Crippen molar-refractivity contribution >= 4 is 34.8 Å². The van der Waals surface area contributed by atoms with E-state index in [0.717, 1.165) is 4.88 Å². The van der Waals surface area contributed by atoms with E-state index in [4.69, 9.17) is 11.6 Å². The maximum atomic E-state index is 11.8. The van der Waals surface area contributed by atoms with Crippen molar-refractivity contribution in [2.45, 2.75) is 6.92 Å². The van der Waals surface area contributed by atoms with Crippen LogP contribution in [0.5, 0.6) is 0 Å². The summed E-state index contributed by atoms with van der Waals surface area (Å²) in [5.41, 5.74) is 0.652. The lowest BCUT2D eigenvalue weighted by Crippen LogP contribution is -1.92. The third-order valence-electron chi connectivity index (χ3n) is 2.29. The molecule has 0 saturated heterocycles. The van der Waals surface area contributed by atoms with Gasteiger partial charge in [0.25, 0.3) is 0 Å². The molecule has 0 saturated carbocycles. The summed E-state index contributed by atoms with van der Waals surface area (Å²) in [7, 11) is 0. The number of thiophene rings is 1. The van der Waals surface area contributed by atoms with Gasteiger partial charge in [-0.2, -0.15) is 0 Å². The molecule has 0 N–H and O–H groups in total. The number of rotatable bonds is 3. The van der Waals surface area contributed by atoms with E-state index in [-0.39, 0.29) is 5.78 Å². The number of allylic oxidation sites excluding steroid dienone is 1. The van der Waals surface area contributed by atoms with E-state index in [1.165, 1.54) is 4.88 Å². The Hall–Kier alpha value is -1.38. The smallest absolute Gasteiger partial charge is 0.185 e. The molecular weight excluding hydrogens is 252 g/mol. The van der Waals surface area contributed by atoms with E-state index in [1.807, 2.05) is 25.1 Å². The molecule has 3 heteroatoms. The molecular formula is C14H11ClOS. The molecule has 2 aromatic rings. The quantitative estimate of drug-likeness (QED) is 0.583. The summed E-state index contributed by atoms with van der Waals surface area (Å²) in [4.78, 5) is 14.1. The van der Waals surface area contributed by atoms with Gasteiger partial charge >= 0.3 is 0 Å². The predicted octanol–water partition coefficient (Wildman–Crippen LogP) is 4.61. The number of ketones is 1. The molecule has 0 amide bonds. The first-order valence-corrected chi connectivity index (χ1v) is 6.39. The molecule has 1 aromatic carbocycles. The summed E-state index contributed by atoms with van der Waals surface area (Å²) in [6.45, 7) is 2.04. The third kappa shape index (κ3) is 3.29. The van der Waals surface area contributed by atoms with Gasteiger partial charge in [-0.15, -0.1) is 11.3 Å². The van der Waals surface area contributed by atoms with Gasteiger partial charge in [0.05, 0.1) is 0 Å². The average molecular weight is 263 g/mol. The SMILES string of the molecule is Cc1ccc(C=CC(=O)c2ccc(Cl)cc2)s1. The van der Waals surface area contributed by atoms with Gasteiger partial charge in [0.2, 0.25) is 0 Å². The molecule has 0 atom stereocenters. The van der Waals surface area contributed by atoms with Crippen LogP contribution in [0.4, 0.5) is 0 Å². The molecule has 1 aromatic heterocycles. The average Bonchev–Trinajstić information content (AvgIpc) is 2.73. The van der Waals surface area contributed by atoms with Crippen LogP contribution in [0.2, 0.25) is 5.02 Å². The monoisotopic (exact) mass is 262 g/mol. The largest absolute Gasteiger partial charge is 0.289 e. The van der Waals surface area contributed by atoms with E-state index in [0.29, 0.717) is 10.6 Å². The highest BCUT2D eigenvalue weighted by Gasteiger charge is 2.01. The first kappa shape index (κ1) is 12.1. The van der Waals surface area contributed by atoms with E-state index in [9.17, 15) is 4.79 Å². The molecule has 0 aliphatic heterocycles. The lowest BCUT2D eigenvalue weighted by atomic mass is 10.1. The van der Waals surface area contributed by atoms with Crippen molar-refractivity contribution in [3.05, 3.63) is 62.8 Å². The Labute approximate surface area is 109 Å². The van der Waals surface area contributed by atoms with Crippen LogP contribution in [-0.2, 0) is 0 Å². The maximum Gasteiger partial charge on any atom is 0.185 e. The fourth-order valence-corrected chi connectivity index (χ4v) is 2.32. The van der Waals surface area contributed by atoms with Crippen molar-refractivity contribution in [1.82, 2.24) is 0 Å². The van der Waals surface area contributed by atoms with E-state index in [2.05, 4.69) is 0 Å². The second-order valence-corrected chi connectivity index (χ2v) is 5.41. The Morgan fingerprint density at radius 1 is 1.18 bits per heavy atom. The van der Waals surface area contributed by atoms with Crippen molar-refractivity contribution in [1.29, 1.82) is 0 Å². The summed E-state index contributed by atoms with van der Waals surface area (Å²) in [5.74, 6) is -0.00674. The Morgan fingerprint density at radius 2 is 1.88 bits per heavy atom. The van der Waals surface area contributed by atoms with Crippen LogP contribution >= 0.6 is 22.9 Å². The highest BCUT2D eigenvalue weighted by atomic mass is 35.5. The molecule has 0 fully saturated rings. The number of carbonyl (C=O) groups is 1. The fourth-order valence-electron chi connectivity index (χ4n) is 1.41. The topological polar surface area (TPSA) is 17.1 Å². The number of hydrogen-bond donors (Lipinski definition) is 0. The van der Waals surface area contributed by atoms with Crippen molar-refractivity contribution in [2.24, 2.45) is 0 Å². The minimum atomic E-state index is -0.00674. The van der Waals surface area contributed by atoms with E-state index < -0.39 is 0 Å². The van der Waals surface area contributed by atoms with Gasteiger partial charge in [-0.25, -0.2) is 0 Å². The Bertz CT molecular complexity index is 552. The van der Waals surface area contributed by atoms with Crippen LogP contribution in [-0.4, -0.2) is 5.78 Å². The van der Waals surface area contributed by atoms with Crippen LogP contribution in [0, 0.1) is 6.92 Å². The van der Waals surface area contributed by atoms with Crippen LogP contribution in [0.3, 0.4) is 0 Å². The molecule has 0 aliphatic rings. The first-order chi connectivity index (χ1) is 8.15. The Kier molecular flexibility index (Phi) is 3.77. The second kappa shape index (κ2) is 5.30. The molecule has 1 heterocycles. The van der Waals surface area contributed by atoms with Crippen LogP contribution in [0.25, 0.3) is 6.08 Å². The van der Waals surface area contributed by atoms with E-state index in [1.54, 1.807) is 41.7 Å². The molecule has 1 nitrogen and oxygen atoms in total. The van der Waals surface area contributed by atoms with Crippen molar-refractivity contribution in [3.63, 3.8) is 0 Å². The number of halogens is 1. The van der Waals surface area contributed by atoms with Crippen LogP contribution in [0.15, 0.2) is 42.5 Å². The second-order valence-electron chi connectivity index (χ2n) is 3.65. The normalized spacial score (nSPS) is 10.9. The van der Waals surface area contributed by atoms with Gasteiger partial charge in [-0.05, 0) is 55.5 Å². The molecule has 0 unspecified atom stereocenters. The molecule has 0 aliphatic carbocycles. The molecule has 17 heavy (non-hydrogen) atoms. The molecule has 86 valence electrons. The lowest BCUT2D eigenvalue weighted by Gasteiger charge is -1.95. The van der Waals surface area contributed by atoms with Crippen LogP contribution < -0.4 is 0 Å². The van der Waals surface area contributed by atoms with Gasteiger partial charge in [-0.3, -0.25) is 4.79 Å². The summed E-state index contributed by atoms with van der Waals surface area (Å²) >= 11 is 7.43. The van der Waals surface area contributed by atoms with Gasteiger partial charge < -0.3 is 0 Å². The number of hydrogen-bond acceptors (Lipinski definition) is 2. The maximum absolute atomic E-state index is 11.8. The van der Waals surface area contributed by atoms with Gasteiger partial charge in [-0.1, -0.05) is 11.6 Å². The van der Waals surface area contributed by atoms with Crippen molar-refractivity contribution in [3.8, 4) is 0 Å². The van der Waals surface area contributed by atoms with Gasteiger partial charge in [0.1, 0.15) is 0 Å². The van der Waals surface area contributed by atoms with Crippen molar-refractivity contribution < 1.29 is 4.79 Å². The van der Waals surface area contributed by atoms with Gasteiger partial charge in [0, 0.05) is 20.3 Å². The minimum Gasteiger partial charge on any atom is -0.289 e. The highest BCUT2D eigenvalue weighted by Crippen LogP contribution is 2.17. The summed E-state index contributed by atoms with van der Waals surface area (Å²) < 4.78 is 0. The fraction of sp³-hybridized carbons (Fsp3) is 0.0714. The first-order valence-electron chi connectivity index (χ1n) is 5.19. The molecule has 0 spiro atoms. The predicted molar refractivity (Wildman–Crippen MR) is 73.9 cm³/mol. The van der Waals surface area contributed by atoms with Crippen LogP contribution in [0.1, 0.15) is 20.1 Å². The summed E-state index contributed by atoms with van der Waals surface area (Å²) in [5, 5.41) is 0.638. The molecule has 0 bridgehead atoms. The number of benzene rings is 1. The van der Waals surface area contributed by atoms with E-state index >= 15 is 0 Å². The highest BCUT2D eigenvalue weighted by molar-refractivity contribution is 7.12. The summed E-state index contributed by atoms with van der Waals surface area (Å²) in [6.07, 6.45) is 3.43. The number of aryl methyl sites for hydroxylation is 1. The lowest BCUT2D eigenvalue weighted by molar-refractivity contribution is 0.104. The number of carbonyl (C=O) groups excluding carboxylic acids is 1. The molecule has 0 radical (unpaired) electrons. The minimum absolute atomic E-state index is 0.00674. The van der Waals surface area contributed by atoms with Gasteiger partial charge in [0.15, 0.2) is 5.78 Å². The third-order valence-corrected chi connectivity index (χ3v) is 3.51. The Balaban J connectivity index is 2.11.